The molecule has 1 atom stereocenters. The Morgan fingerprint density at radius 2 is 1.87 bits per heavy atom. The Hall–Kier alpha value is -2.38. The number of nitriles is 1. The van der Waals surface area contributed by atoms with Crippen molar-refractivity contribution < 1.29 is 4.39 Å². The van der Waals surface area contributed by atoms with Gasteiger partial charge in [0.05, 0.1) is 11.6 Å². The van der Waals surface area contributed by atoms with Crippen molar-refractivity contribution in [2.45, 2.75) is 13.0 Å². The van der Waals surface area contributed by atoms with Crippen molar-refractivity contribution in [3.05, 3.63) is 65.5 Å². The first kappa shape index (κ1) is 15.5. The summed E-state index contributed by atoms with van der Waals surface area (Å²) in [5.41, 5.74) is 2.98. The van der Waals surface area contributed by atoms with Gasteiger partial charge in [-0.3, -0.25) is 0 Å². The van der Waals surface area contributed by atoms with Crippen molar-refractivity contribution in [2.24, 2.45) is 5.92 Å². The predicted molar refractivity (Wildman–Crippen MR) is 89.6 cm³/mol. The molecule has 1 fully saturated rings. The smallest absolute Gasteiger partial charge is 0.123 e. The van der Waals surface area contributed by atoms with Crippen LogP contribution in [0, 0.1) is 23.1 Å². The van der Waals surface area contributed by atoms with Crippen molar-refractivity contribution >= 4 is 5.69 Å². The highest BCUT2D eigenvalue weighted by molar-refractivity contribution is 5.47. The van der Waals surface area contributed by atoms with Gasteiger partial charge in [0, 0.05) is 31.9 Å². The third kappa shape index (κ3) is 4.08. The lowest BCUT2D eigenvalue weighted by molar-refractivity contribution is 0.516. The van der Waals surface area contributed by atoms with Crippen LogP contribution in [0.3, 0.4) is 0 Å². The van der Waals surface area contributed by atoms with Crippen LogP contribution >= 0.6 is 0 Å². The third-order valence-electron chi connectivity index (χ3n) is 4.32. The molecule has 0 aliphatic carbocycles. The minimum Gasteiger partial charge on any atom is -0.371 e. The summed E-state index contributed by atoms with van der Waals surface area (Å²) < 4.78 is 13.0. The third-order valence-corrected chi connectivity index (χ3v) is 4.32. The Labute approximate surface area is 136 Å². The first-order valence-electron chi connectivity index (χ1n) is 7.95. The summed E-state index contributed by atoms with van der Waals surface area (Å²) in [6.45, 7) is 3.82. The number of hydrogen-bond donors (Lipinski definition) is 1. The predicted octanol–water partition coefficient (Wildman–Crippen LogP) is 3.31. The molecule has 1 N–H and O–H groups in total. The first-order valence-corrected chi connectivity index (χ1v) is 7.95. The van der Waals surface area contributed by atoms with Gasteiger partial charge in [0.25, 0.3) is 0 Å². The van der Waals surface area contributed by atoms with Crippen LogP contribution in [0.1, 0.15) is 17.5 Å². The van der Waals surface area contributed by atoms with Crippen LogP contribution in [0.25, 0.3) is 0 Å². The molecule has 0 spiro atoms. The molecule has 23 heavy (non-hydrogen) atoms. The normalized spacial score (nSPS) is 17.2. The summed E-state index contributed by atoms with van der Waals surface area (Å²) >= 11 is 0. The average molecular weight is 309 g/mol. The van der Waals surface area contributed by atoms with Crippen LogP contribution in [-0.4, -0.2) is 19.6 Å². The van der Waals surface area contributed by atoms with Crippen LogP contribution in [-0.2, 0) is 6.54 Å². The molecule has 2 aromatic rings. The van der Waals surface area contributed by atoms with Gasteiger partial charge in [-0.1, -0.05) is 12.1 Å². The number of rotatable bonds is 5. The van der Waals surface area contributed by atoms with E-state index >= 15 is 0 Å². The molecule has 3 nitrogen and oxygen atoms in total. The molecule has 1 heterocycles. The number of halogens is 1. The largest absolute Gasteiger partial charge is 0.371 e. The maximum Gasteiger partial charge on any atom is 0.123 e. The quantitative estimate of drug-likeness (QED) is 0.921. The Kier molecular flexibility index (Phi) is 4.89. The molecule has 2 aromatic carbocycles. The fourth-order valence-corrected chi connectivity index (χ4v) is 3.00. The monoisotopic (exact) mass is 309 g/mol. The van der Waals surface area contributed by atoms with Crippen molar-refractivity contribution in [2.75, 3.05) is 24.5 Å². The molecule has 3 rings (SSSR count). The lowest BCUT2D eigenvalue weighted by Gasteiger charge is -2.19. The summed E-state index contributed by atoms with van der Waals surface area (Å²) in [5, 5.41) is 12.3. The zero-order chi connectivity index (χ0) is 16.1. The van der Waals surface area contributed by atoms with Gasteiger partial charge in [-0.05, 0) is 54.3 Å². The summed E-state index contributed by atoms with van der Waals surface area (Å²) in [6, 6.07) is 16.5. The van der Waals surface area contributed by atoms with Gasteiger partial charge in [-0.15, -0.1) is 0 Å². The second-order valence-electron chi connectivity index (χ2n) is 6.02. The van der Waals surface area contributed by atoms with E-state index in [1.54, 1.807) is 0 Å². The summed E-state index contributed by atoms with van der Waals surface area (Å²) in [6.07, 6.45) is 1.15. The molecule has 0 amide bonds. The highest BCUT2D eigenvalue weighted by Gasteiger charge is 2.22. The van der Waals surface area contributed by atoms with Gasteiger partial charge >= 0.3 is 0 Å². The van der Waals surface area contributed by atoms with Crippen molar-refractivity contribution in [3.63, 3.8) is 0 Å². The van der Waals surface area contributed by atoms with Gasteiger partial charge in [0.1, 0.15) is 5.82 Å². The molecule has 0 saturated carbocycles. The van der Waals surface area contributed by atoms with Crippen LogP contribution in [0.2, 0.25) is 0 Å². The Morgan fingerprint density at radius 1 is 1.13 bits per heavy atom. The lowest BCUT2D eigenvalue weighted by atomic mass is 10.1. The molecule has 1 saturated heterocycles. The molecule has 0 bridgehead atoms. The number of benzene rings is 2. The van der Waals surface area contributed by atoms with Gasteiger partial charge in [-0.25, -0.2) is 4.39 Å². The summed E-state index contributed by atoms with van der Waals surface area (Å²) in [5.74, 6) is 0.423. The number of anilines is 1. The molecule has 0 unspecified atom stereocenters. The molecule has 1 aliphatic rings. The molecule has 4 heteroatoms. The van der Waals surface area contributed by atoms with Gasteiger partial charge in [-0.2, -0.15) is 5.26 Å². The van der Waals surface area contributed by atoms with Crippen LogP contribution in [0.4, 0.5) is 10.1 Å². The van der Waals surface area contributed by atoms with Crippen molar-refractivity contribution in [1.82, 2.24) is 5.32 Å². The van der Waals surface area contributed by atoms with Crippen LogP contribution in [0.15, 0.2) is 48.5 Å². The van der Waals surface area contributed by atoms with E-state index in [1.807, 2.05) is 36.4 Å². The summed E-state index contributed by atoms with van der Waals surface area (Å²) in [4.78, 5) is 2.31. The van der Waals surface area contributed by atoms with Crippen molar-refractivity contribution in [3.8, 4) is 6.07 Å². The van der Waals surface area contributed by atoms with Crippen molar-refractivity contribution in [1.29, 1.82) is 5.26 Å². The Bertz CT molecular complexity index is 673. The van der Waals surface area contributed by atoms with E-state index < -0.39 is 0 Å². The second kappa shape index (κ2) is 7.26. The van der Waals surface area contributed by atoms with E-state index in [4.69, 9.17) is 5.26 Å². The Balaban J connectivity index is 1.45. The fraction of sp³-hybridized carbons (Fsp3) is 0.316. The molecule has 0 radical (unpaired) electrons. The maximum absolute atomic E-state index is 13.0. The van der Waals surface area contributed by atoms with Gasteiger partial charge < -0.3 is 10.2 Å². The van der Waals surface area contributed by atoms with Crippen LogP contribution in [0.5, 0.6) is 0 Å². The fourth-order valence-electron chi connectivity index (χ4n) is 3.00. The van der Waals surface area contributed by atoms with E-state index in [1.165, 1.54) is 17.7 Å². The highest BCUT2D eigenvalue weighted by atomic mass is 19.1. The van der Waals surface area contributed by atoms with Gasteiger partial charge in [0.2, 0.25) is 0 Å². The van der Waals surface area contributed by atoms with E-state index in [0.29, 0.717) is 11.5 Å². The molecule has 118 valence electrons. The first-order chi connectivity index (χ1) is 11.2. The molecule has 0 aromatic heterocycles. The van der Waals surface area contributed by atoms with E-state index in [-0.39, 0.29) is 5.82 Å². The SMILES string of the molecule is N#Cc1ccc(CNC[C@@H]2CCN(c3ccc(F)cc3)C2)cc1. The standard InChI is InChI=1S/C19H20FN3/c20-18-5-7-19(8-6-18)23-10-9-17(14-23)13-22-12-16-3-1-15(11-21)2-4-16/h1-8,17,22H,9-10,12-14H2/t17-/m0/s1. The lowest BCUT2D eigenvalue weighted by Crippen LogP contribution is -2.26. The maximum atomic E-state index is 13.0. The summed E-state index contributed by atoms with van der Waals surface area (Å²) in [7, 11) is 0. The van der Waals surface area contributed by atoms with Crippen LogP contribution < -0.4 is 10.2 Å². The highest BCUT2D eigenvalue weighted by Crippen LogP contribution is 2.23. The number of nitrogens with one attached hydrogen (secondary N) is 1. The average Bonchev–Trinajstić information content (AvgIpc) is 3.05. The zero-order valence-corrected chi connectivity index (χ0v) is 13.0. The minimum atomic E-state index is -0.186. The molecule has 1 aliphatic heterocycles. The van der Waals surface area contributed by atoms with Gasteiger partial charge in [0.15, 0.2) is 0 Å². The molecular weight excluding hydrogens is 289 g/mol. The van der Waals surface area contributed by atoms with E-state index in [2.05, 4.69) is 16.3 Å². The van der Waals surface area contributed by atoms with E-state index in [0.717, 1.165) is 38.3 Å². The Morgan fingerprint density at radius 3 is 2.57 bits per heavy atom. The molecular formula is C19H20FN3. The topological polar surface area (TPSA) is 39.1 Å². The van der Waals surface area contributed by atoms with E-state index in [9.17, 15) is 4.39 Å². The second-order valence-corrected chi connectivity index (χ2v) is 6.02. The minimum absolute atomic E-state index is 0.186. The zero-order valence-electron chi connectivity index (χ0n) is 13.0. The number of nitrogens with zero attached hydrogens (tertiary/aromatic N) is 2. The number of hydrogen-bond acceptors (Lipinski definition) is 3.